The van der Waals surface area contributed by atoms with Crippen LogP contribution < -0.4 is 11.1 Å². The lowest BCUT2D eigenvalue weighted by atomic mass is 10.1. The molecule has 9 heteroatoms. The number of nitrogens with two attached hydrogens (primary N) is 1. The lowest BCUT2D eigenvalue weighted by molar-refractivity contribution is 0.0497. The van der Waals surface area contributed by atoms with Gasteiger partial charge in [0.1, 0.15) is 10.9 Å². The number of halogens is 2. The van der Waals surface area contributed by atoms with Crippen LogP contribution in [0.4, 0.5) is 4.79 Å². The van der Waals surface area contributed by atoms with Crippen LogP contribution in [0.2, 0.25) is 5.02 Å². The third-order valence-electron chi connectivity index (χ3n) is 5.03. The summed E-state index contributed by atoms with van der Waals surface area (Å²) in [6.07, 6.45) is -0.705. The topological polar surface area (TPSA) is 98.5 Å². The largest absolute Gasteiger partial charge is 0.444 e. The zero-order valence-electron chi connectivity index (χ0n) is 16.9. The van der Waals surface area contributed by atoms with Gasteiger partial charge in [-0.3, -0.25) is 0 Å². The maximum atomic E-state index is 13.5. The fraction of sp³-hybridized carbons (Fsp3) is 0.381. The minimum absolute atomic E-state index is 0.0650. The number of nitrogens with one attached hydrogen (secondary N) is 1. The number of hydrogen-bond acceptors (Lipinski definition) is 5. The van der Waals surface area contributed by atoms with Crippen molar-refractivity contribution in [2.45, 2.75) is 48.0 Å². The van der Waals surface area contributed by atoms with Crippen LogP contribution in [-0.2, 0) is 14.6 Å². The fourth-order valence-corrected chi connectivity index (χ4v) is 6.44. The van der Waals surface area contributed by atoms with E-state index in [2.05, 4.69) is 21.2 Å². The Hall–Kier alpha value is -1.61. The zero-order valence-corrected chi connectivity index (χ0v) is 20.0. The van der Waals surface area contributed by atoms with Gasteiger partial charge >= 0.3 is 6.09 Å². The molecule has 1 fully saturated rings. The minimum Gasteiger partial charge on any atom is -0.444 e. The molecule has 30 heavy (non-hydrogen) atoms. The number of rotatable bonds is 5. The number of carbonyl (C=O) groups excluding carboxylic acids is 1. The van der Waals surface area contributed by atoms with Gasteiger partial charge in [0.2, 0.25) is 0 Å². The van der Waals surface area contributed by atoms with E-state index < -0.39 is 38.2 Å². The van der Waals surface area contributed by atoms with Crippen LogP contribution in [0.25, 0.3) is 0 Å². The Kier molecular flexibility index (Phi) is 6.26. The van der Waals surface area contributed by atoms with Crippen LogP contribution in [-0.4, -0.2) is 37.4 Å². The third-order valence-corrected chi connectivity index (χ3v) is 8.10. The van der Waals surface area contributed by atoms with E-state index in [4.69, 9.17) is 22.1 Å². The van der Waals surface area contributed by atoms with E-state index in [-0.39, 0.29) is 11.4 Å². The van der Waals surface area contributed by atoms with Gasteiger partial charge in [-0.25, -0.2) is 13.2 Å². The summed E-state index contributed by atoms with van der Waals surface area (Å²) in [4.78, 5) is 12.7. The molecule has 2 aromatic rings. The molecule has 3 N–H and O–H groups in total. The molecule has 1 saturated carbocycles. The van der Waals surface area contributed by atoms with Gasteiger partial charge in [-0.15, -0.1) is 0 Å². The summed E-state index contributed by atoms with van der Waals surface area (Å²) in [5.74, 6) is -0.524. The van der Waals surface area contributed by atoms with Crippen molar-refractivity contribution in [3.63, 3.8) is 0 Å². The molecule has 1 aliphatic carbocycles. The first-order valence-electron chi connectivity index (χ1n) is 9.37. The van der Waals surface area contributed by atoms with Crippen molar-refractivity contribution in [3.05, 3.63) is 63.6 Å². The molecular formula is C21H24BrClN2O4S. The van der Waals surface area contributed by atoms with E-state index in [1.807, 2.05) is 24.3 Å². The van der Waals surface area contributed by atoms with Crippen molar-refractivity contribution in [1.82, 2.24) is 5.32 Å². The first kappa shape index (κ1) is 23.1. The third kappa shape index (κ3) is 4.51. The van der Waals surface area contributed by atoms with Crippen molar-refractivity contribution in [3.8, 4) is 0 Å². The molecule has 2 aromatic carbocycles. The summed E-state index contributed by atoms with van der Waals surface area (Å²) in [7, 11) is -3.82. The quantitative estimate of drug-likeness (QED) is 0.620. The van der Waals surface area contributed by atoms with E-state index in [9.17, 15) is 13.2 Å². The van der Waals surface area contributed by atoms with Gasteiger partial charge in [-0.1, -0.05) is 39.7 Å². The Bertz CT molecular complexity index is 1040. The molecule has 3 atom stereocenters. The van der Waals surface area contributed by atoms with Crippen LogP contribution in [0.15, 0.2) is 57.9 Å². The Morgan fingerprint density at radius 2 is 1.73 bits per heavy atom. The van der Waals surface area contributed by atoms with Crippen LogP contribution in [0, 0.1) is 0 Å². The van der Waals surface area contributed by atoms with Crippen molar-refractivity contribution >= 4 is 43.5 Å². The average molecular weight is 516 g/mol. The summed E-state index contributed by atoms with van der Waals surface area (Å²) in [6.45, 7) is 5.15. The molecule has 0 bridgehead atoms. The van der Waals surface area contributed by atoms with Crippen molar-refractivity contribution in [1.29, 1.82) is 0 Å². The highest BCUT2D eigenvalue weighted by atomic mass is 79.9. The summed E-state index contributed by atoms with van der Waals surface area (Å²) >= 11 is 9.30. The van der Waals surface area contributed by atoms with Gasteiger partial charge in [0, 0.05) is 22.0 Å². The Balaban J connectivity index is 2.03. The highest BCUT2D eigenvalue weighted by Gasteiger charge is 2.71. The van der Waals surface area contributed by atoms with Gasteiger partial charge in [0.15, 0.2) is 9.84 Å². The molecule has 1 amide bonds. The molecule has 0 saturated heterocycles. The number of sulfone groups is 1. The van der Waals surface area contributed by atoms with E-state index in [1.165, 1.54) is 24.3 Å². The zero-order chi connectivity index (χ0) is 22.3. The molecule has 0 aromatic heterocycles. The fourth-order valence-electron chi connectivity index (χ4n) is 3.71. The van der Waals surface area contributed by atoms with Crippen LogP contribution in [0.1, 0.15) is 32.3 Å². The number of hydrogen-bond donors (Lipinski definition) is 2. The highest BCUT2D eigenvalue weighted by molar-refractivity contribution is 9.10. The maximum Gasteiger partial charge on any atom is 0.408 e. The summed E-state index contributed by atoms with van der Waals surface area (Å²) in [5, 5.41) is 2.27. The van der Waals surface area contributed by atoms with Crippen molar-refractivity contribution in [2.75, 3.05) is 6.54 Å². The van der Waals surface area contributed by atoms with Crippen molar-refractivity contribution in [2.24, 2.45) is 5.73 Å². The number of benzene rings is 2. The SMILES string of the molecule is CC(C)(C)OC(=O)N[C@@]1(CN)[C@H](S(=O)(=O)c2ccc(Cl)cc2)[C@@H]1c1ccc(Br)cc1. The summed E-state index contributed by atoms with van der Waals surface area (Å²) < 4.78 is 33.2. The van der Waals surface area contributed by atoms with E-state index in [0.29, 0.717) is 5.02 Å². The molecule has 162 valence electrons. The first-order chi connectivity index (χ1) is 13.9. The van der Waals surface area contributed by atoms with Crippen LogP contribution in [0.5, 0.6) is 0 Å². The Morgan fingerprint density at radius 1 is 1.17 bits per heavy atom. The van der Waals surface area contributed by atoms with Crippen molar-refractivity contribution < 1.29 is 17.9 Å². The monoisotopic (exact) mass is 514 g/mol. The molecule has 3 rings (SSSR count). The first-order valence-corrected chi connectivity index (χ1v) is 12.1. The highest BCUT2D eigenvalue weighted by Crippen LogP contribution is 2.57. The predicted octanol–water partition coefficient (Wildman–Crippen LogP) is 4.26. The molecule has 0 spiro atoms. The van der Waals surface area contributed by atoms with Gasteiger partial charge < -0.3 is 15.8 Å². The Morgan fingerprint density at radius 3 is 2.23 bits per heavy atom. The molecule has 6 nitrogen and oxygen atoms in total. The van der Waals surface area contributed by atoms with Gasteiger partial charge in [0.25, 0.3) is 0 Å². The predicted molar refractivity (Wildman–Crippen MR) is 120 cm³/mol. The molecule has 0 aliphatic heterocycles. The van der Waals surface area contributed by atoms with Gasteiger partial charge in [-0.2, -0.15) is 0 Å². The Labute approximate surface area is 190 Å². The molecule has 0 unspecified atom stereocenters. The smallest absolute Gasteiger partial charge is 0.408 e. The van der Waals surface area contributed by atoms with E-state index >= 15 is 0 Å². The van der Waals surface area contributed by atoms with E-state index in [0.717, 1.165) is 10.0 Å². The van der Waals surface area contributed by atoms with Crippen LogP contribution in [0.3, 0.4) is 0 Å². The second-order valence-corrected chi connectivity index (χ2v) is 11.7. The lowest BCUT2D eigenvalue weighted by Crippen LogP contribution is -2.49. The standard InChI is InChI=1S/C21H24BrClN2O4S/c1-20(2,3)29-19(26)25-21(12-24)17(13-4-6-14(22)7-5-13)18(21)30(27,28)16-10-8-15(23)9-11-16/h4-11,17-18H,12,24H2,1-3H3,(H,25,26)/t17-,18+,21+/m0/s1. The lowest BCUT2D eigenvalue weighted by Gasteiger charge is -2.24. The van der Waals surface area contributed by atoms with Gasteiger partial charge in [-0.05, 0) is 62.7 Å². The number of alkyl carbamates (subject to hydrolysis) is 1. The number of carbonyl (C=O) groups is 1. The summed E-state index contributed by atoms with van der Waals surface area (Å²) in [5.41, 5.74) is 4.91. The normalized spacial score (nSPS) is 23.7. The van der Waals surface area contributed by atoms with E-state index in [1.54, 1.807) is 20.8 Å². The number of ether oxygens (including phenoxy) is 1. The minimum atomic E-state index is -3.82. The molecule has 0 heterocycles. The number of amides is 1. The molecular weight excluding hydrogens is 492 g/mol. The average Bonchev–Trinajstić information content (AvgIpc) is 3.30. The van der Waals surface area contributed by atoms with Gasteiger partial charge in [0.05, 0.1) is 10.4 Å². The maximum absolute atomic E-state index is 13.5. The summed E-state index contributed by atoms with van der Waals surface area (Å²) in [6, 6.07) is 13.3. The second-order valence-electron chi connectivity index (χ2n) is 8.32. The molecule has 1 aliphatic rings. The molecule has 0 radical (unpaired) electrons. The van der Waals surface area contributed by atoms with Crippen LogP contribution >= 0.6 is 27.5 Å². The second kappa shape index (κ2) is 8.15.